The molecule has 1 N–H and O–H groups in total. The first-order valence-corrected chi connectivity index (χ1v) is 7.27. The van der Waals surface area contributed by atoms with Crippen molar-refractivity contribution in [2.75, 3.05) is 19.7 Å². The second-order valence-electron chi connectivity index (χ2n) is 5.53. The van der Waals surface area contributed by atoms with E-state index in [1.54, 1.807) is 0 Å². The SMILES string of the molecule is OCC1CCN(Cc2cnn(-c3ccccc3)c2)CC1. The molecule has 2 heterocycles. The highest BCUT2D eigenvalue weighted by atomic mass is 16.3. The van der Waals surface area contributed by atoms with E-state index in [2.05, 4.69) is 28.3 Å². The van der Waals surface area contributed by atoms with Gasteiger partial charge in [-0.25, -0.2) is 4.68 Å². The molecule has 20 heavy (non-hydrogen) atoms. The Hall–Kier alpha value is -1.65. The molecule has 4 nitrogen and oxygen atoms in total. The first-order valence-electron chi connectivity index (χ1n) is 7.27. The third-order valence-electron chi connectivity index (χ3n) is 4.03. The molecule has 0 atom stereocenters. The monoisotopic (exact) mass is 271 g/mol. The van der Waals surface area contributed by atoms with E-state index in [1.807, 2.05) is 29.1 Å². The van der Waals surface area contributed by atoms with Gasteiger partial charge in [-0.15, -0.1) is 0 Å². The minimum Gasteiger partial charge on any atom is -0.396 e. The molecule has 0 amide bonds. The predicted octanol–water partition coefficient (Wildman–Crippen LogP) is 2.08. The molecule has 0 aliphatic carbocycles. The largest absolute Gasteiger partial charge is 0.396 e. The minimum absolute atomic E-state index is 0.333. The van der Waals surface area contributed by atoms with Gasteiger partial charge in [-0.05, 0) is 44.0 Å². The molecule has 1 aromatic carbocycles. The molecular weight excluding hydrogens is 250 g/mol. The van der Waals surface area contributed by atoms with E-state index in [1.165, 1.54) is 5.56 Å². The molecule has 0 radical (unpaired) electrons. The van der Waals surface area contributed by atoms with Crippen molar-refractivity contribution in [1.82, 2.24) is 14.7 Å². The Morgan fingerprint density at radius 1 is 1.15 bits per heavy atom. The average Bonchev–Trinajstić information content (AvgIpc) is 2.97. The topological polar surface area (TPSA) is 41.3 Å². The smallest absolute Gasteiger partial charge is 0.0645 e. The standard InChI is InChI=1S/C16H21N3O/c20-13-14-6-8-18(9-7-14)11-15-10-17-19(12-15)16-4-2-1-3-5-16/h1-5,10,12,14,20H,6-9,11,13H2. The highest BCUT2D eigenvalue weighted by molar-refractivity contribution is 5.30. The van der Waals surface area contributed by atoms with Gasteiger partial charge >= 0.3 is 0 Å². The lowest BCUT2D eigenvalue weighted by Gasteiger charge is -2.30. The van der Waals surface area contributed by atoms with Gasteiger partial charge < -0.3 is 5.11 Å². The number of aliphatic hydroxyl groups excluding tert-OH is 1. The zero-order valence-electron chi connectivity index (χ0n) is 11.7. The normalized spacial score (nSPS) is 17.4. The van der Waals surface area contributed by atoms with Crippen LogP contribution in [0.5, 0.6) is 0 Å². The van der Waals surface area contributed by atoms with Crippen molar-refractivity contribution in [1.29, 1.82) is 0 Å². The first kappa shape index (κ1) is 13.3. The molecule has 0 bridgehead atoms. The molecule has 1 aliphatic rings. The van der Waals surface area contributed by atoms with Gasteiger partial charge in [0.1, 0.15) is 0 Å². The summed E-state index contributed by atoms with van der Waals surface area (Å²) < 4.78 is 1.93. The van der Waals surface area contributed by atoms with Gasteiger partial charge in [0, 0.05) is 24.9 Å². The van der Waals surface area contributed by atoms with Gasteiger partial charge in [0.25, 0.3) is 0 Å². The highest BCUT2D eigenvalue weighted by Gasteiger charge is 2.18. The molecule has 106 valence electrons. The van der Waals surface area contributed by atoms with Crippen molar-refractivity contribution in [3.05, 3.63) is 48.3 Å². The number of para-hydroxylation sites is 1. The van der Waals surface area contributed by atoms with Crippen molar-refractivity contribution < 1.29 is 5.11 Å². The molecule has 2 aromatic rings. The summed E-state index contributed by atoms with van der Waals surface area (Å²) in [5, 5.41) is 13.6. The maximum Gasteiger partial charge on any atom is 0.0645 e. The van der Waals surface area contributed by atoms with Gasteiger partial charge in [-0.1, -0.05) is 18.2 Å². The zero-order valence-corrected chi connectivity index (χ0v) is 11.7. The van der Waals surface area contributed by atoms with E-state index in [-0.39, 0.29) is 0 Å². The molecule has 3 rings (SSSR count). The summed E-state index contributed by atoms with van der Waals surface area (Å²) in [6.45, 7) is 3.42. The number of nitrogens with zero attached hydrogens (tertiary/aromatic N) is 3. The quantitative estimate of drug-likeness (QED) is 0.925. The summed E-state index contributed by atoms with van der Waals surface area (Å²) in [4.78, 5) is 2.44. The number of likely N-dealkylation sites (tertiary alicyclic amines) is 1. The van der Waals surface area contributed by atoms with E-state index in [4.69, 9.17) is 5.11 Å². The number of benzene rings is 1. The predicted molar refractivity (Wildman–Crippen MR) is 78.7 cm³/mol. The summed E-state index contributed by atoms with van der Waals surface area (Å²) in [5.41, 5.74) is 2.34. The van der Waals surface area contributed by atoms with Crippen molar-refractivity contribution in [3.8, 4) is 5.69 Å². The van der Waals surface area contributed by atoms with Crippen molar-refractivity contribution in [2.45, 2.75) is 19.4 Å². The van der Waals surface area contributed by atoms with Crippen LogP contribution in [0.3, 0.4) is 0 Å². The summed E-state index contributed by atoms with van der Waals surface area (Å²) in [6, 6.07) is 10.2. The van der Waals surface area contributed by atoms with E-state index >= 15 is 0 Å². The fourth-order valence-electron chi connectivity index (χ4n) is 2.75. The first-order chi connectivity index (χ1) is 9.85. The Kier molecular flexibility index (Phi) is 4.14. The summed E-state index contributed by atoms with van der Waals surface area (Å²) in [6.07, 6.45) is 6.26. The maximum absolute atomic E-state index is 9.16. The molecule has 4 heteroatoms. The zero-order chi connectivity index (χ0) is 13.8. The van der Waals surface area contributed by atoms with Crippen LogP contribution in [0.2, 0.25) is 0 Å². The van der Waals surface area contributed by atoms with Crippen LogP contribution in [0.15, 0.2) is 42.7 Å². The Labute approximate surface area is 119 Å². The lowest BCUT2D eigenvalue weighted by molar-refractivity contribution is 0.127. The number of aliphatic hydroxyl groups is 1. The lowest BCUT2D eigenvalue weighted by Crippen LogP contribution is -2.34. The fraction of sp³-hybridized carbons (Fsp3) is 0.438. The average molecular weight is 271 g/mol. The summed E-state index contributed by atoms with van der Waals surface area (Å²) in [5.74, 6) is 0.498. The van der Waals surface area contributed by atoms with Crippen LogP contribution in [-0.4, -0.2) is 39.5 Å². The molecular formula is C16H21N3O. The molecule has 0 spiro atoms. The Morgan fingerprint density at radius 2 is 1.90 bits per heavy atom. The van der Waals surface area contributed by atoms with Crippen LogP contribution in [-0.2, 0) is 6.54 Å². The second kappa shape index (κ2) is 6.20. The number of rotatable bonds is 4. The van der Waals surface area contributed by atoms with Gasteiger partial charge in [0.05, 0.1) is 11.9 Å². The van der Waals surface area contributed by atoms with Crippen molar-refractivity contribution in [2.24, 2.45) is 5.92 Å². The van der Waals surface area contributed by atoms with Crippen LogP contribution in [0.25, 0.3) is 5.69 Å². The van der Waals surface area contributed by atoms with E-state index in [9.17, 15) is 0 Å². The van der Waals surface area contributed by atoms with Gasteiger partial charge in [0.15, 0.2) is 0 Å². The summed E-state index contributed by atoms with van der Waals surface area (Å²) >= 11 is 0. The number of hydrogen-bond acceptors (Lipinski definition) is 3. The molecule has 1 aliphatic heterocycles. The van der Waals surface area contributed by atoms with Crippen LogP contribution in [0.4, 0.5) is 0 Å². The van der Waals surface area contributed by atoms with Crippen molar-refractivity contribution in [3.63, 3.8) is 0 Å². The third kappa shape index (κ3) is 3.08. The maximum atomic E-state index is 9.16. The highest BCUT2D eigenvalue weighted by Crippen LogP contribution is 2.18. The van der Waals surface area contributed by atoms with E-state index < -0.39 is 0 Å². The summed E-state index contributed by atoms with van der Waals surface area (Å²) in [7, 11) is 0. The van der Waals surface area contributed by atoms with E-state index in [0.717, 1.165) is 38.2 Å². The number of hydrogen-bond donors (Lipinski definition) is 1. The van der Waals surface area contributed by atoms with Crippen LogP contribution in [0.1, 0.15) is 18.4 Å². The van der Waals surface area contributed by atoms with Crippen molar-refractivity contribution >= 4 is 0 Å². The molecule has 1 saturated heterocycles. The van der Waals surface area contributed by atoms with Crippen LogP contribution in [0, 0.1) is 5.92 Å². The minimum atomic E-state index is 0.333. The van der Waals surface area contributed by atoms with E-state index in [0.29, 0.717) is 12.5 Å². The van der Waals surface area contributed by atoms with Gasteiger partial charge in [-0.3, -0.25) is 4.90 Å². The molecule has 0 saturated carbocycles. The molecule has 1 aromatic heterocycles. The van der Waals surface area contributed by atoms with Crippen LogP contribution < -0.4 is 0 Å². The second-order valence-corrected chi connectivity index (χ2v) is 5.53. The van der Waals surface area contributed by atoms with Gasteiger partial charge in [0.2, 0.25) is 0 Å². The molecule has 1 fully saturated rings. The number of aromatic nitrogens is 2. The third-order valence-corrected chi connectivity index (χ3v) is 4.03. The number of piperidine rings is 1. The van der Waals surface area contributed by atoms with Gasteiger partial charge in [-0.2, -0.15) is 5.10 Å². The Bertz CT molecular complexity index is 530. The van der Waals surface area contributed by atoms with Crippen LogP contribution >= 0.6 is 0 Å². The molecule has 0 unspecified atom stereocenters. The lowest BCUT2D eigenvalue weighted by atomic mass is 9.98. The Balaban J connectivity index is 1.61. The Morgan fingerprint density at radius 3 is 2.60 bits per heavy atom. The fourth-order valence-corrected chi connectivity index (χ4v) is 2.75.